The highest BCUT2D eigenvalue weighted by Gasteiger charge is 2.20. The fourth-order valence-corrected chi connectivity index (χ4v) is 3.54. The highest BCUT2D eigenvalue weighted by molar-refractivity contribution is 6.30. The third-order valence-electron chi connectivity index (χ3n) is 4.73. The number of para-hydroxylation sites is 1. The lowest BCUT2D eigenvalue weighted by molar-refractivity contribution is 0.311. The van der Waals surface area contributed by atoms with Gasteiger partial charge >= 0.3 is 0 Å². The van der Waals surface area contributed by atoms with E-state index in [1.54, 1.807) is 0 Å². The summed E-state index contributed by atoms with van der Waals surface area (Å²) in [5.74, 6) is 1.49. The Labute approximate surface area is 163 Å². The molecule has 2 N–H and O–H groups in total. The minimum absolute atomic E-state index is 0.0615. The van der Waals surface area contributed by atoms with Crippen molar-refractivity contribution in [3.8, 4) is 0 Å². The Bertz CT molecular complexity index is 927. The van der Waals surface area contributed by atoms with Gasteiger partial charge < -0.3 is 20.2 Å². The molecule has 0 bridgehead atoms. The van der Waals surface area contributed by atoms with Gasteiger partial charge in [-0.15, -0.1) is 0 Å². The number of benzene rings is 2. The van der Waals surface area contributed by atoms with Crippen molar-refractivity contribution in [3.63, 3.8) is 0 Å². The lowest BCUT2D eigenvalue weighted by Crippen LogP contribution is -2.47. The molecule has 1 aliphatic heterocycles. The molecule has 0 aliphatic carbocycles. The summed E-state index contributed by atoms with van der Waals surface area (Å²) in [6.45, 7) is 3.97. The van der Waals surface area contributed by atoms with E-state index in [4.69, 9.17) is 26.7 Å². The van der Waals surface area contributed by atoms with Gasteiger partial charge in [0.1, 0.15) is 5.82 Å². The monoisotopic (exact) mass is 383 g/mol. The Morgan fingerprint density at radius 2 is 1.74 bits per heavy atom. The molecule has 27 heavy (non-hydrogen) atoms. The normalized spacial score (nSPS) is 14.6. The maximum Gasteiger partial charge on any atom is 0.228 e. The number of piperazine rings is 1. The highest BCUT2D eigenvalue weighted by Crippen LogP contribution is 2.25. The van der Waals surface area contributed by atoms with Gasteiger partial charge in [-0.2, -0.15) is 4.98 Å². The molecule has 1 saturated heterocycles. The first-order valence-corrected chi connectivity index (χ1v) is 9.49. The summed E-state index contributed by atoms with van der Waals surface area (Å²) in [6.07, 6.45) is 0. The molecule has 0 amide bonds. The Balaban J connectivity index is 1.54. The van der Waals surface area contributed by atoms with E-state index in [1.165, 1.54) is 0 Å². The van der Waals surface area contributed by atoms with Crippen molar-refractivity contribution in [2.24, 2.45) is 0 Å². The predicted octanol–water partition coefficient (Wildman–Crippen LogP) is 3.01. The van der Waals surface area contributed by atoms with Crippen LogP contribution in [0.3, 0.4) is 0 Å². The van der Waals surface area contributed by atoms with Crippen molar-refractivity contribution in [1.82, 2.24) is 9.97 Å². The number of anilines is 3. The molecule has 0 saturated carbocycles. The van der Waals surface area contributed by atoms with Crippen LogP contribution in [0.15, 0.2) is 48.5 Å². The fraction of sp³-hybridized carbons (Fsp3) is 0.300. The van der Waals surface area contributed by atoms with Crippen molar-refractivity contribution in [1.29, 1.82) is 0 Å². The number of nitrogens with zero attached hydrogens (tertiary/aromatic N) is 4. The molecule has 2 aromatic carbocycles. The molecule has 1 aliphatic rings. The van der Waals surface area contributed by atoms with E-state index in [0.29, 0.717) is 6.54 Å². The summed E-state index contributed by atoms with van der Waals surface area (Å²) in [7, 11) is 0. The first-order chi connectivity index (χ1) is 13.2. The number of aromatic nitrogens is 2. The summed E-state index contributed by atoms with van der Waals surface area (Å²) in [6, 6.07) is 15.9. The zero-order valence-electron chi connectivity index (χ0n) is 15.0. The molecule has 140 valence electrons. The fourth-order valence-electron chi connectivity index (χ4n) is 3.35. The van der Waals surface area contributed by atoms with Gasteiger partial charge in [0.15, 0.2) is 0 Å². The van der Waals surface area contributed by atoms with Crippen LogP contribution in [0.1, 0.15) is 0 Å². The Kier molecular flexibility index (Phi) is 5.27. The number of hydrogen-bond acceptors (Lipinski definition) is 6. The minimum atomic E-state index is 0.0615. The highest BCUT2D eigenvalue weighted by atomic mass is 35.5. The van der Waals surface area contributed by atoms with Crippen LogP contribution in [0.2, 0.25) is 5.02 Å². The van der Waals surface area contributed by atoms with Crippen LogP contribution in [-0.4, -0.2) is 54.4 Å². The largest absolute Gasteiger partial charge is 0.395 e. The number of aliphatic hydroxyl groups excluding tert-OH is 1. The van der Waals surface area contributed by atoms with E-state index >= 15 is 0 Å². The van der Waals surface area contributed by atoms with Crippen molar-refractivity contribution in [3.05, 3.63) is 53.6 Å². The molecule has 6 nitrogen and oxygen atoms in total. The Morgan fingerprint density at radius 3 is 2.52 bits per heavy atom. The van der Waals surface area contributed by atoms with Crippen LogP contribution in [-0.2, 0) is 0 Å². The minimum Gasteiger partial charge on any atom is -0.395 e. The molecule has 2 heterocycles. The number of halogens is 1. The summed E-state index contributed by atoms with van der Waals surface area (Å²) in [5, 5.41) is 14.1. The number of aliphatic hydroxyl groups is 1. The van der Waals surface area contributed by atoms with Gasteiger partial charge in [-0.3, -0.25) is 0 Å². The van der Waals surface area contributed by atoms with Crippen molar-refractivity contribution >= 4 is 40.0 Å². The molecule has 7 heteroatoms. The first kappa shape index (κ1) is 17.8. The zero-order valence-corrected chi connectivity index (χ0v) is 15.7. The van der Waals surface area contributed by atoms with Gasteiger partial charge in [-0.1, -0.05) is 29.8 Å². The average molecular weight is 384 g/mol. The standard InChI is InChI=1S/C20H22ClN5O/c21-15-4-3-5-16(14-15)25-9-11-26(12-10-25)20-23-18-7-2-1-6-17(18)19(24-20)22-8-13-27/h1-7,14,27H,8-13H2,(H,22,23,24). The summed E-state index contributed by atoms with van der Waals surface area (Å²) >= 11 is 6.12. The van der Waals surface area contributed by atoms with Crippen LogP contribution in [0.4, 0.5) is 17.5 Å². The Hall–Kier alpha value is -2.57. The van der Waals surface area contributed by atoms with Crippen molar-refractivity contribution in [2.75, 3.05) is 54.4 Å². The molecule has 0 radical (unpaired) electrons. The SMILES string of the molecule is OCCNc1nc(N2CCN(c3cccc(Cl)c3)CC2)nc2ccccc12. The molecular formula is C20H22ClN5O. The summed E-state index contributed by atoms with van der Waals surface area (Å²) in [5.41, 5.74) is 2.05. The second-order valence-electron chi connectivity index (χ2n) is 6.49. The van der Waals surface area contributed by atoms with E-state index in [2.05, 4.69) is 21.2 Å². The number of hydrogen-bond donors (Lipinski definition) is 2. The average Bonchev–Trinajstić information content (AvgIpc) is 2.72. The molecule has 0 spiro atoms. The second-order valence-corrected chi connectivity index (χ2v) is 6.93. The van der Waals surface area contributed by atoms with E-state index in [1.807, 2.05) is 42.5 Å². The van der Waals surface area contributed by atoms with Gasteiger partial charge in [0.25, 0.3) is 0 Å². The lowest BCUT2D eigenvalue weighted by atomic mass is 10.2. The second kappa shape index (κ2) is 7.98. The predicted molar refractivity (Wildman–Crippen MR) is 111 cm³/mol. The van der Waals surface area contributed by atoms with Gasteiger partial charge in [0, 0.05) is 48.8 Å². The van der Waals surface area contributed by atoms with Crippen LogP contribution in [0.25, 0.3) is 10.9 Å². The van der Waals surface area contributed by atoms with Gasteiger partial charge in [-0.25, -0.2) is 4.98 Å². The maximum absolute atomic E-state index is 9.14. The maximum atomic E-state index is 9.14. The third-order valence-corrected chi connectivity index (χ3v) is 4.97. The molecule has 1 fully saturated rings. The van der Waals surface area contributed by atoms with Gasteiger partial charge in [-0.05, 0) is 30.3 Å². The zero-order chi connectivity index (χ0) is 18.6. The molecule has 0 atom stereocenters. The third kappa shape index (κ3) is 3.91. The summed E-state index contributed by atoms with van der Waals surface area (Å²) < 4.78 is 0. The Morgan fingerprint density at radius 1 is 0.963 bits per heavy atom. The molecule has 3 aromatic rings. The van der Waals surface area contributed by atoms with E-state index < -0.39 is 0 Å². The molecule has 1 aromatic heterocycles. The van der Waals surface area contributed by atoms with Crippen molar-refractivity contribution < 1.29 is 5.11 Å². The number of rotatable bonds is 5. The van der Waals surface area contributed by atoms with Crippen LogP contribution >= 0.6 is 11.6 Å². The van der Waals surface area contributed by atoms with Crippen LogP contribution in [0.5, 0.6) is 0 Å². The number of nitrogens with one attached hydrogen (secondary N) is 1. The van der Waals surface area contributed by atoms with E-state index in [9.17, 15) is 0 Å². The number of fused-ring (bicyclic) bond motifs is 1. The quantitative estimate of drug-likeness (QED) is 0.706. The first-order valence-electron chi connectivity index (χ1n) is 9.11. The smallest absolute Gasteiger partial charge is 0.228 e. The van der Waals surface area contributed by atoms with E-state index in [-0.39, 0.29) is 6.61 Å². The van der Waals surface area contributed by atoms with Gasteiger partial charge in [0.2, 0.25) is 5.95 Å². The lowest BCUT2D eigenvalue weighted by Gasteiger charge is -2.36. The van der Waals surface area contributed by atoms with Gasteiger partial charge in [0.05, 0.1) is 12.1 Å². The molecule has 4 rings (SSSR count). The topological polar surface area (TPSA) is 64.5 Å². The van der Waals surface area contributed by atoms with Crippen LogP contribution in [0, 0.1) is 0 Å². The van der Waals surface area contributed by atoms with Crippen LogP contribution < -0.4 is 15.1 Å². The van der Waals surface area contributed by atoms with Crippen molar-refractivity contribution in [2.45, 2.75) is 0 Å². The molecular weight excluding hydrogens is 362 g/mol. The van der Waals surface area contributed by atoms with E-state index in [0.717, 1.165) is 59.6 Å². The summed E-state index contributed by atoms with van der Waals surface area (Å²) in [4.78, 5) is 14.0. The molecule has 0 unspecified atom stereocenters.